The van der Waals surface area contributed by atoms with E-state index >= 15 is 0 Å². The molecule has 0 radical (unpaired) electrons. The standard InChI is InChI=1S/C21H19Cl2N3O3/c1-12-8-14(13(2)26(12)18-5-3-4-17(22)20(18)23)9-15(10-24)21(28)29-11-19(27)25-16-6-7-16/h3-5,8-9,16H,6-7,11H2,1-2H3,(H,25,27)/b15-9+. The molecule has 1 aliphatic carbocycles. The fourth-order valence-corrected chi connectivity index (χ4v) is 3.35. The SMILES string of the molecule is Cc1cc(/C=C(\C#N)C(=O)OCC(=O)NC2CC2)c(C)n1-c1cccc(Cl)c1Cl. The zero-order valence-electron chi connectivity index (χ0n) is 16.0. The largest absolute Gasteiger partial charge is 0.451 e. The van der Waals surface area contributed by atoms with Gasteiger partial charge in [-0.3, -0.25) is 4.79 Å². The number of nitrogens with one attached hydrogen (secondary N) is 1. The molecule has 2 aromatic rings. The van der Waals surface area contributed by atoms with Crippen molar-refractivity contribution in [2.45, 2.75) is 32.7 Å². The lowest BCUT2D eigenvalue weighted by Crippen LogP contribution is -2.30. The minimum Gasteiger partial charge on any atom is -0.451 e. The fourth-order valence-electron chi connectivity index (χ4n) is 2.97. The number of halogens is 2. The van der Waals surface area contributed by atoms with E-state index in [-0.39, 0.29) is 17.5 Å². The zero-order chi connectivity index (χ0) is 21.1. The highest BCUT2D eigenvalue weighted by atomic mass is 35.5. The number of carbonyl (C=O) groups is 2. The summed E-state index contributed by atoms with van der Waals surface area (Å²) in [7, 11) is 0. The van der Waals surface area contributed by atoms with Crippen LogP contribution in [-0.2, 0) is 14.3 Å². The molecule has 1 saturated carbocycles. The molecule has 1 fully saturated rings. The highest BCUT2D eigenvalue weighted by Gasteiger charge is 2.24. The molecule has 1 heterocycles. The Kier molecular flexibility index (Phi) is 6.31. The van der Waals surface area contributed by atoms with Crippen molar-refractivity contribution in [2.24, 2.45) is 0 Å². The molecule has 8 heteroatoms. The van der Waals surface area contributed by atoms with Gasteiger partial charge in [0.25, 0.3) is 5.91 Å². The van der Waals surface area contributed by atoms with E-state index in [9.17, 15) is 14.9 Å². The molecule has 1 aromatic heterocycles. The van der Waals surface area contributed by atoms with Gasteiger partial charge in [0.05, 0.1) is 15.7 Å². The van der Waals surface area contributed by atoms with Crippen LogP contribution in [0.1, 0.15) is 29.8 Å². The molecule has 29 heavy (non-hydrogen) atoms. The lowest BCUT2D eigenvalue weighted by molar-refractivity contribution is -0.144. The van der Waals surface area contributed by atoms with Crippen molar-refractivity contribution in [3.05, 3.63) is 56.8 Å². The van der Waals surface area contributed by atoms with Gasteiger partial charge >= 0.3 is 5.97 Å². The van der Waals surface area contributed by atoms with Crippen LogP contribution in [0.15, 0.2) is 29.8 Å². The average Bonchev–Trinajstić information content (AvgIpc) is 3.45. The lowest BCUT2D eigenvalue weighted by atomic mass is 10.1. The smallest absolute Gasteiger partial charge is 0.349 e. The van der Waals surface area contributed by atoms with Crippen molar-refractivity contribution in [1.82, 2.24) is 9.88 Å². The van der Waals surface area contributed by atoms with Crippen LogP contribution in [0.4, 0.5) is 0 Å². The zero-order valence-corrected chi connectivity index (χ0v) is 17.5. The summed E-state index contributed by atoms with van der Waals surface area (Å²) in [5.41, 5.74) is 2.80. The Balaban J connectivity index is 1.82. The van der Waals surface area contributed by atoms with E-state index in [1.807, 2.05) is 36.6 Å². The third-order valence-corrected chi connectivity index (χ3v) is 5.37. The molecule has 0 aliphatic heterocycles. The number of esters is 1. The van der Waals surface area contributed by atoms with Crippen molar-refractivity contribution in [1.29, 1.82) is 5.26 Å². The molecule has 0 unspecified atom stereocenters. The predicted octanol–water partition coefficient (Wildman–Crippen LogP) is 4.13. The second-order valence-electron chi connectivity index (χ2n) is 6.82. The Labute approximate surface area is 178 Å². The quantitative estimate of drug-likeness (QED) is 0.423. The summed E-state index contributed by atoms with van der Waals surface area (Å²) in [5.74, 6) is -1.21. The van der Waals surface area contributed by atoms with Crippen molar-refractivity contribution in [3.63, 3.8) is 0 Å². The van der Waals surface area contributed by atoms with Crippen LogP contribution < -0.4 is 5.32 Å². The van der Waals surface area contributed by atoms with E-state index in [4.69, 9.17) is 27.9 Å². The minimum absolute atomic E-state index is 0.177. The number of amides is 1. The molecule has 1 amide bonds. The Bertz CT molecular complexity index is 1050. The number of ether oxygens (including phenoxy) is 1. The van der Waals surface area contributed by atoms with Crippen molar-refractivity contribution < 1.29 is 14.3 Å². The van der Waals surface area contributed by atoms with Crippen LogP contribution in [0.25, 0.3) is 11.8 Å². The third-order valence-electron chi connectivity index (χ3n) is 4.56. The molecule has 1 N–H and O–H groups in total. The van der Waals surface area contributed by atoms with Gasteiger partial charge in [-0.2, -0.15) is 5.26 Å². The van der Waals surface area contributed by atoms with Gasteiger partial charge in [-0.05, 0) is 56.5 Å². The maximum absolute atomic E-state index is 12.2. The normalized spacial score (nSPS) is 13.7. The van der Waals surface area contributed by atoms with Crippen molar-refractivity contribution >= 4 is 41.2 Å². The van der Waals surface area contributed by atoms with Gasteiger partial charge in [0.15, 0.2) is 6.61 Å². The summed E-state index contributed by atoms with van der Waals surface area (Å²) >= 11 is 12.5. The number of aromatic nitrogens is 1. The van der Waals surface area contributed by atoms with Gasteiger partial charge < -0.3 is 14.6 Å². The van der Waals surface area contributed by atoms with Gasteiger partial charge in [-0.15, -0.1) is 0 Å². The molecule has 1 aromatic carbocycles. The Hall–Kier alpha value is -2.75. The number of nitriles is 1. The van der Waals surface area contributed by atoms with Crippen LogP contribution in [0, 0.1) is 25.2 Å². The van der Waals surface area contributed by atoms with E-state index < -0.39 is 12.6 Å². The molecule has 0 atom stereocenters. The summed E-state index contributed by atoms with van der Waals surface area (Å²) in [4.78, 5) is 23.9. The summed E-state index contributed by atoms with van der Waals surface area (Å²) in [5, 5.41) is 12.9. The Morgan fingerprint density at radius 3 is 2.72 bits per heavy atom. The van der Waals surface area contributed by atoms with Crippen LogP contribution in [0.3, 0.4) is 0 Å². The first-order valence-electron chi connectivity index (χ1n) is 9.03. The van der Waals surface area contributed by atoms with Gasteiger partial charge in [0, 0.05) is 17.4 Å². The van der Waals surface area contributed by atoms with Gasteiger partial charge in [0.1, 0.15) is 11.6 Å². The van der Waals surface area contributed by atoms with E-state index in [1.165, 1.54) is 6.08 Å². The van der Waals surface area contributed by atoms with E-state index in [0.29, 0.717) is 21.3 Å². The first-order chi connectivity index (χ1) is 13.8. The minimum atomic E-state index is -0.843. The number of benzene rings is 1. The van der Waals surface area contributed by atoms with Crippen molar-refractivity contribution in [2.75, 3.05) is 6.61 Å². The van der Waals surface area contributed by atoms with E-state index in [1.54, 1.807) is 12.1 Å². The molecular weight excluding hydrogens is 413 g/mol. The molecule has 0 spiro atoms. The van der Waals surface area contributed by atoms with Gasteiger partial charge in [-0.1, -0.05) is 29.3 Å². The lowest BCUT2D eigenvalue weighted by Gasteiger charge is -2.12. The second kappa shape index (κ2) is 8.73. The van der Waals surface area contributed by atoms with Crippen LogP contribution in [-0.4, -0.2) is 29.1 Å². The summed E-state index contributed by atoms with van der Waals surface area (Å²) in [6.45, 7) is 3.32. The molecule has 3 rings (SSSR count). The Morgan fingerprint density at radius 2 is 2.07 bits per heavy atom. The maximum atomic E-state index is 12.2. The van der Waals surface area contributed by atoms with Gasteiger partial charge in [0.2, 0.25) is 0 Å². The van der Waals surface area contributed by atoms with Gasteiger partial charge in [-0.25, -0.2) is 4.79 Å². The number of hydrogen-bond acceptors (Lipinski definition) is 4. The number of hydrogen-bond donors (Lipinski definition) is 1. The molecule has 0 bridgehead atoms. The number of aryl methyl sites for hydroxylation is 1. The highest BCUT2D eigenvalue weighted by Crippen LogP contribution is 2.32. The maximum Gasteiger partial charge on any atom is 0.349 e. The van der Waals surface area contributed by atoms with E-state index in [2.05, 4.69) is 5.32 Å². The van der Waals surface area contributed by atoms with E-state index in [0.717, 1.165) is 24.2 Å². The number of rotatable bonds is 6. The third kappa shape index (κ3) is 4.81. The van der Waals surface area contributed by atoms with Crippen molar-refractivity contribution in [3.8, 4) is 11.8 Å². The predicted molar refractivity (Wildman–Crippen MR) is 111 cm³/mol. The number of carbonyl (C=O) groups excluding carboxylic acids is 2. The molecular formula is C21H19Cl2N3O3. The summed E-state index contributed by atoms with van der Waals surface area (Å²) < 4.78 is 6.86. The summed E-state index contributed by atoms with van der Waals surface area (Å²) in [6, 6.07) is 9.18. The van der Waals surface area contributed by atoms with Crippen LogP contribution in [0.2, 0.25) is 10.0 Å². The topological polar surface area (TPSA) is 84.1 Å². The number of nitrogens with zero attached hydrogens (tertiary/aromatic N) is 2. The second-order valence-corrected chi connectivity index (χ2v) is 7.61. The highest BCUT2D eigenvalue weighted by molar-refractivity contribution is 6.43. The first kappa shape index (κ1) is 21.0. The molecule has 150 valence electrons. The monoisotopic (exact) mass is 431 g/mol. The molecule has 6 nitrogen and oxygen atoms in total. The fraction of sp³-hybridized carbons (Fsp3) is 0.286. The Morgan fingerprint density at radius 1 is 1.34 bits per heavy atom. The molecule has 1 aliphatic rings. The van der Waals surface area contributed by atoms with Crippen LogP contribution >= 0.6 is 23.2 Å². The first-order valence-corrected chi connectivity index (χ1v) is 9.79. The molecule has 0 saturated heterocycles. The van der Waals surface area contributed by atoms with Crippen LogP contribution in [0.5, 0.6) is 0 Å². The summed E-state index contributed by atoms with van der Waals surface area (Å²) in [6.07, 6.45) is 3.32. The average molecular weight is 432 g/mol.